The quantitative estimate of drug-likeness (QED) is 0.0596. The van der Waals surface area contributed by atoms with E-state index in [-0.39, 0.29) is 49.7 Å². The number of amides is 3. The molecule has 1 aromatic carbocycles. The first-order chi connectivity index (χ1) is 23.9. The molecule has 3 aliphatic rings. The summed E-state index contributed by atoms with van der Waals surface area (Å²) in [7, 11) is 0. The van der Waals surface area contributed by atoms with Gasteiger partial charge in [-0.3, -0.25) is 33.9 Å². The van der Waals surface area contributed by atoms with Gasteiger partial charge in [0.2, 0.25) is 5.91 Å². The van der Waals surface area contributed by atoms with Crippen LogP contribution in [0.25, 0.3) is 0 Å². The summed E-state index contributed by atoms with van der Waals surface area (Å²) in [6.07, 6.45) is 3.58. The zero-order valence-electron chi connectivity index (χ0n) is 28.0. The second-order valence-corrected chi connectivity index (χ2v) is 14.5. The number of benzene rings is 1. The van der Waals surface area contributed by atoms with Crippen LogP contribution in [0.5, 0.6) is 0 Å². The van der Waals surface area contributed by atoms with Crippen molar-refractivity contribution in [2.45, 2.75) is 55.5 Å². The largest absolute Gasteiger partial charge is 0.480 e. The zero-order valence-corrected chi connectivity index (χ0v) is 29.6. The van der Waals surface area contributed by atoms with Gasteiger partial charge in [0.05, 0.1) is 31.7 Å². The van der Waals surface area contributed by atoms with Gasteiger partial charge in [-0.2, -0.15) is 11.8 Å². The third-order valence-corrected chi connectivity index (χ3v) is 10.7. The molecule has 276 valence electrons. The summed E-state index contributed by atoms with van der Waals surface area (Å²) in [6, 6.07) is 7.49. The van der Waals surface area contributed by atoms with Crippen molar-refractivity contribution in [1.82, 2.24) is 36.0 Å². The maximum Gasteiger partial charge on any atom is 0.317 e. The molecular formula is C32H48N8O8S2. The van der Waals surface area contributed by atoms with Crippen LogP contribution in [0.4, 0.5) is 10.5 Å². The molecule has 4 atom stereocenters. The number of unbranched alkanes of at least 4 members (excludes halogenated alkanes) is 1. The summed E-state index contributed by atoms with van der Waals surface area (Å²) in [6.45, 7) is 1.83. The van der Waals surface area contributed by atoms with E-state index in [1.165, 1.54) is 0 Å². The maximum atomic E-state index is 12.3. The Labute approximate surface area is 301 Å². The summed E-state index contributed by atoms with van der Waals surface area (Å²) in [5, 5.41) is 44.2. The molecule has 0 saturated carbocycles. The van der Waals surface area contributed by atoms with Crippen LogP contribution < -0.4 is 26.6 Å². The highest BCUT2D eigenvalue weighted by Crippen LogP contribution is 2.33. The van der Waals surface area contributed by atoms with Crippen LogP contribution in [0.3, 0.4) is 0 Å². The monoisotopic (exact) mass is 736 g/mol. The number of urea groups is 1. The minimum Gasteiger partial charge on any atom is -0.480 e. The smallest absolute Gasteiger partial charge is 0.317 e. The van der Waals surface area contributed by atoms with Crippen molar-refractivity contribution in [2.75, 3.05) is 76.5 Å². The molecule has 18 heteroatoms. The fraction of sp³-hybridized carbons (Fsp3) is 0.625. The lowest BCUT2D eigenvalue weighted by molar-refractivity contribution is -0.140. The third-order valence-electron chi connectivity index (χ3n) is 8.97. The van der Waals surface area contributed by atoms with Gasteiger partial charge in [0.25, 0.3) is 0 Å². The molecular weight excluding hydrogens is 689 g/mol. The highest BCUT2D eigenvalue weighted by Gasteiger charge is 2.42. The number of hydrogen-bond donors (Lipinski definition) is 8. The molecule has 3 heterocycles. The zero-order chi connectivity index (χ0) is 36.0. The molecule has 50 heavy (non-hydrogen) atoms. The number of anilines is 1. The average Bonchev–Trinajstić information content (AvgIpc) is 3.61. The number of rotatable bonds is 17. The Bertz CT molecular complexity index is 1360. The van der Waals surface area contributed by atoms with Gasteiger partial charge in [-0.25, -0.2) is 4.79 Å². The van der Waals surface area contributed by atoms with Crippen molar-refractivity contribution < 1.29 is 39.3 Å². The van der Waals surface area contributed by atoms with E-state index in [0.717, 1.165) is 36.3 Å². The molecule has 8 N–H and O–H groups in total. The Morgan fingerprint density at radius 2 is 1.52 bits per heavy atom. The van der Waals surface area contributed by atoms with Crippen LogP contribution in [-0.2, 0) is 25.6 Å². The molecule has 0 aliphatic carbocycles. The van der Waals surface area contributed by atoms with E-state index >= 15 is 0 Å². The van der Waals surface area contributed by atoms with E-state index in [2.05, 4.69) is 26.6 Å². The fourth-order valence-corrected chi connectivity index (χ4v) is 8.29. The van der Waals surface area contributed by atoms with Crippen molar-refractivity contribution in [3.8, 4) is 0 Å². The number of hydrogen-bond acceptors (Lipinski definition) is 10. The molecule has 3 aliphatic heterocycles. The molecule has 3 amide bonds. The number of aliphatic carboxylic acids is 3. The summed E-state index contributed by atoms with van der Waals surface area (Å²) >= 11 is 7.28. The van der Waals surface area contributed by atoms with Crippen LogP contribution in [0.1, 0.15) is 31.2 Å². The van der Waals surface area contributed by atoms with E-state index in [0.29, 0.717) is 69.0 Å². The summed E-state index contributed by atoms with van der Waals surface area (Å²) in [4.78, 5) is 63.7. The fourth-order valence-electron chi connectivity index (χ4n) is 6.52. The van der Waals surface area contributed by atoms with Crippen LogP contribution in [-0.4, -0.2) is 160 Å². The Hall–Kier alpha value is -3.71. The lowest BCUT2D eigenvalue weighted by Crippen LogP contribution is -2.49. The van der Waals surface area contributed by atoms with Crippen LogP contribution >= 0.6 is 24.0 Å². The molecule has 0 spiro atoms. The molecule has 0 bridgehead atoms. The molecule has 16 nitrogen and oxygen atoms in total. The Morgan fingerprint density at radius 1 is 0.860 bits per heavy atom. The number of nitrogens with zero attached hydrogens (tertiary/aromatic N) is 3. The Kier molecular flexibility index (Phi) is 15.3. The second kappa shape index (κ2) is 19.6. The first-order valence-corrected chi connectivity index (χ1v) is 18.3. The van der Waals surface area contributed by atoms with E-state index in [4.69, 9.17) is 12.2 Å². The minimum absolute atomic E-state index is 0.0143. The number of carboxylic acid groups (broad SMARTS) is 3. The molecule has 0 radical (unpaired) electrons. The molecule has 3 fully saturated rings. The topological polar surface area (TPSA) is 216 Å². The van der Waals surface area contributed by atoms with Gasteiger partial charge in [0.1, 0.15) is 0 Å². The molecule has 1 unspecified atom stereocenters. The van der Waals surface area contributed by atoms with Crippen LogP contribution in [0.15, 0.2) is 24.3 Å². The van der Waals surface area contributed by atoms with Gasteiger partial charge in [-0.1, -0.05) is 18.6 Å². The lowest BCUT2D eigenvalue weighted by atomic mass is 10.0. The van der Waals surface area contributed by atoms with E-state index in [1.54, 1.807) is 14.7 Å². The molecule has 4 rings (SSSR count). The minimum atomic E-state index is -1.02. The highest BCUT2D eigenvalue weighted by atomic mass is 32.2. The number of fused-ring (bicyclic) bond motifs is 1. The highest BCUT2D eigenvalue weighted by molar-refractivity contribution is 8.00. The van der Waals surface area contributed by atoms with Gasteiger partial charge in [0, 0.05) is 75.0 Å². The number of carbonyl (C=O) groups is 5. The first-order valence-electron chi connectivity index (χ1n) is 16.9. The van der Waals surface area contributed by atoms with Crippen molar-refractivity contribution in [3.63, 3.8) is 0 Å². The van der Waals surface area contributed by atoms with E-state index in [9.17, 15) is 39.3 Å². The molecule has 3 saturated heterocycles. The number of carboxylic acids is 3. The van der Waals surface area contributed by atoms with Crippen molar-refractivity contribution in [3.05, 3.63) is 29.8 Å². The predicted octanol–water partition coefficient (Wildman–Crippen LogP) is -0.100. The summed E-state index contributed by atoms with van der Waals surface area (Å²) in [5.41, 5.74) is 1.66. The SMILES string of the molecule is O=C(O)CN1CCN(CC(=O)O)CC(Cc2ccc(NC(=S)NCCNC(=O)CCCC[C@@H]3SC[C@@H]4NC(=O)N[C@@H]43)cc2)N(CC(=O)O)CC1. The van der Waals surface area contributed by atoms with Crippen LogP contribution in [0.2, 0.25) is 0 Å². The maximum absolute atomic E-state index is 12.3. The number of nitrogens with one attached hydrogen (secondary N) is 5. The summed E-state index contributed by atoms with van der Waals surface area (Å²) in [5.74, 6) is -2.12. The molecule has 0 aromatic heterocycles. The standard InChI is InChI=1S/C32H48N8O8S2/c41-26(4-2-1-3-25-30-24(20-50-25)36-31(48)37-30)33-9-10-34-32(49)35-22-7-5-21(6-8-22)15-23-16-39(18-28(44)45)12-11-38(17-27(42)43)13-14-40(23)19-29(46)47/h5-8,23-25,30H,1-4,9-20H2,(H,33,41)(H,42,43)(H,44,45)(H,46,47)(H2,34,35,49)(H2,36,37,48)/t23?,24-,25-,30-/m0/s1. The van der Waals surface area contributed by atoms with Gasteiger partial charge < -0.3 is 41.9 Å². The van der Waals surface area contributed by atoms with Crippen molar-refractivity contribution in [2.24, 2.45) is 0 Å². The van der Waals surface area contributed by atoms with Gasteiger partial charge in [-0.05, 0) is 49.2 Å². The number of thiocarbonyl (C=S) groups is 1. The van der Waals surface area contributed by atoms with E-state index in [1.807, 2.05) is 36.0 Å². The normalized spacial score (nSPS) is 23.0. The molecule has 1 aromatic rings. The average molecular weight is 737 g/mol. The lowest BCUT2D eigenvalue weighted by Gasteiger charge is -2.33. The Balaban J connectivity index is 1.18. The van der Waals surface area contributed by atoms with Gasteiger partial charge >= 0.3 is 23.9 Å². The second-order valence-electron chi connectivity index (χ2n) is 12.8. The van der Waals surface area contributed by atoms with Crippen LogP contribution in [0, 0.1) is 0 Å². The van der Waals surface area contributed by atoms with Gasteiger partial charge in [0.15, 0.2) is 5.11 Å². The number of carbonyl (C=O) groups excluding carboxylic acids is 2. The predicted molar refractivity (Wildman–Crippen MR) is 192 cm³/mol. The van der Waals surface area contributed by atoms with Gasteiger partial charge in [-0.15, -0.1) is 0 Å². The first kappa shape index (κ1) is 39.1. The number of thioether (sulfide) groups is 1. The summed E-state index contributed by atoms with van der Waals surface area (Å²) < 4.78 is 0. The van der Waals surface area contributed by atoms with Crippen molar-refractivity contribution in [1.29, 1.82) is 0 Å². The van der Waals surface area contributed by atoms with Crippen molar-refractivity contribution >= 4 is 64.6 Å². The Morgan fingerprint density at radius 3 is 2.24 bits per heavy atom. The third kappa shape index (κ3) is 13.2. The van der Waals surface area contributed by atoms with E-state index < -0.39 is 17.9 Å².